The summed E-state index contributed by atoms with van der Waals surface area (Å²) in [5.74, 6) is -2.05. The Labute approximate surface area is 125 Å². The molecule has 1 heterocycles. The first-order valence-electron chi connectivity index (χ1n) is 6.59. The minimum atomic E-state index is -1.32. The highest BCUT2D eigenvalue weighted by atomic mass is 32.2. The van der Waals surface area contributed by atoms with Gasteiger partial charge in [-0.1, -0.05) is 0 Å². The molecule has 0 radical (unpaired) electrons. The molecule has 0 unspecified atom stereocenters. The molecule has 0 bridgehead atoms. The van der Waals surface area contributed by atoms with Crippen molar-refractivity contribution in [1.82, 2.24) is 5.32 Å². The molecule has 1 saturated heterocycles. The van der Waals surface area contributed by atoms with Crippen LogP contribution < -0.4 is 5.32 Å². The molecule has 114 valence electrons. The van der Waals surface area contributed by atoms with Gasteiger partial charge >= 0.3 is 5.97 Å². The molecule has 7 heteroatoms. The Kier molecular flexibility index (Phi) is 5.58. The molecule has 0 aromatic heterocycles. The fourth-order valence-electron chi connectivity index (χ4n) is 2.02. The molecule has 5 nitrogen and oxygen atoms in total. The highest BCUT2D eigenvalue weighted by molar-refractivity contribution is 8.00. The maximum atomic E-state index is 13.2. The monoisotopic (exact) mass is 313 g/mol. The third-order valence-electron chi connectivity index (χ3n) is 3.12. The van der Waals surface area contributed by atoms with Crippen LogP contribution in [-0.4, -0.2) is 42.0 Å². The van der Waals surface area contributed by atoms with E-state index >= 15 is 0 Å². The van der Waals surface area contributed by atoms with Gasteiger partial charge in [-0.3, -0.25) is 4.79 Å². The quantitative estimate of drug-likeness (QED) is 0.812. The second kappa shape index (κ2) is 7.42. The van der Waals surface area contributed by atoms with E-state index in [1.165, 1.54) is 23.9 Å². The molecule has 2 rings (SSSR count). The first-order valence-corrected chi connectivity index (χ1v) is 7.57. The molecule has 1 amide bonds. The summed E-state index contributed by atoms with van der Waals surface area (Å²) in [6, 6.07) is 3.94. The van der Waals surface area contributed by atoms with Gasteiger partial charge in [-0.2, -0.15) is 0 Å². The fourth-order valence-corrected chi connectivity index (χ4v) is 2.76. The van der Waals surface area contributed by atoms with Crippen LogP contribution >= 0.6 is 11.8 Å². The van der Waals surface area contributed by atoms with Crippen molar-refractivity contribution in [2.24, 2.45) is 0 Å². The second-order valence-corrected chi connectivity index (χ2v) is 5.74. The minimum absolute atomic E-state index is 0.117. The Hall–Kier alpha value is -1.60. The molecule has 0 spiro atoms. The second-order valence-electron chi connectivity index (χ2n) is 4.69. The van der Waals surface area contributed by atoms with Gasteiger partial charge in [-0.25, -0.2) is 9.18 Å². The number of carbonyl (C=O) groups is 2. The summed E-state index contributed by atoms with van der Waals surface area (Å²) in [7, 11) is 0. The van der Waals surface area contributed by atoms with Crippen LogP contribution in [0.5, 0.6) is 0 Å². The van der Waals surface area contributed by atoms with Crippen LogP contribution in [0.25, 0.3) is 0 Å². The van der Waals surface area contributed by atoms with Crippen molar-refractivity contribution in [3.63, 3.8) is 0 Å². The molecular formula is C14H16FNO4S. The highest BCUT2D eigenvalue weighted by Crippen LogP contribution is 2.21. The summed E-state index contributed by atoms with van der Waals surface area (Å²) in [4.78, 5) is 23.2. The predicted molar refractivity (Wildman–Crippen MR) is 76.1 cm³/mol. The normalized spacial score (nSPS) is 15.7. The number of hydrogen-bond donors (Lipinski definition) is 2. The first kappa shape index (κ1) is 15.8. The standard InChI is InChI=1S/C14H16FNO4S/c15-12-2-1-10(7-11(12)14(18)19)21-8-13(17)16-9-3-5-20-6-4-9/h1-2,7,9H,3-6,8H2,(H,16,17)(H,18,19). The number of aromatic carboxylic acids is 1. The summed E-state index contributed by atoms with van der Waals surface area (Å²) in [6.07, 6.45) is 1.60. The van der Waals surface area contributed by atoms with E-state index in [1.54, 1.807) is 0 Å². The number of benzene rings is 1. The molecule has 1 fully saturated rings. The number of amides is 1. The van der Waals surface area contributed by atoms with E-state index in [1.807, 2.05) is 0 Å². The summed E-state index contributed by atoms with van der Waals surface area (Å²) in [6.45, 7) is 1.30. The van der Waals surface area contributed by atoms with Gasteiger partial charge in [0.2, 0.25) is 5.91 Å². The van der Waals surface area contributed by atoms with E-state index in [-0.39, 0.29) is 23.3 Å². The number of halogens is 1. The Bertz CT molecular complexity index is 532. The van der Waals surface area contributed by atoms with Crippen molar-refractivity contribution in [2.45, 2.75) is 23.8 Å². The number of nitrogens with one attached hydrogen (secondary N) is 1. The lowest BCUT2D eigenvalue weighted by atomic mass is 10.1. The van der Waals surface area contributed by atoms with E-state index < -0.39 is 11.8 Å². The molecule has 2 N–H and O–H groups in total. The lowest BCUT2D eigenvalue weighted by Gasteiger charge is -2.23. The number of thioether (sulfide) groups is 1. The first-order chi connectivity index (χ1) is 10.1. The average molecular weight is 313 g/mol. The molecule has 0 aliphatic carbocycles. The highest BCUT2D eigenvalue weighted by Gasteiger charge is 2.16. The number of carboxylic acid groups (broad SMARTS) is 1. The SMILES string of the molecule is O=C(CSc1ccc(F)c(C(=O)O)c1)NC1CCOCC1. The van der Waals surface area contributed by atoms with Gasteiger partial charge in [-0.15, -0.1) is 11.8 Å². The number of rotatable bonds is 5. The number of hydrogen-bond acceptors (Lipinski definition) is 4. The fraction of sp³-hybridized carbons (Fsp3) is 0.429. The Morgan fingerprint density at radius 3 is 2.76 bits per heavy atom. The van der Waals surface area contributed by atoms with Gasteiger partial charge in [0, 0.05) is 24.2 Å². The van der Waals surface area contributed by atoms with E-state index in [4.69, 9.17) is 9.84 Å². The summed E-state index contributed by atoms with van der Waals surface area (Å²) in [5, 5.41) is 11.8. The smallest absolute Gasteiger partial charge is 0.338 e. The van der Waals surface area contributed by atoms with Gasteiger partial charge in [0.1, 0.15) is 5.82 Å². The van der Waals surface area contributed by atoms with Crippen molar-refractivity contribution in [1.29, 1.82) is 0 Å². The van der Waals surface area contributed by atoms with E-state index in [2.05, 4.69) is 5.32 Å². The van der Waals surface area contributed by atoms with Crippen molar-refractivity contribution in [3.05, 3.63) is 29.6 Å². The third-order valence-corrected chi connectivity index (χ3v) is 4.12. The van der Waals surface area contributed by atoms with Crippen LogP contribution in [0.4, 0.5) is 4.39 Å². The van der Waals surface area contributed by atoms with Crippen LogP contribution in [-0.2, 0) is 9.53 Å². The molecule has 1 aromatic rings. The van der Waals surface area contributed by atoms with E-state index in [0.717, 1.165) is 18.9 Å². The summed E-state index contributed by atoms with van der Waals surface area (Å²) < 4.78 is 18.5. The van der Waals surface area contributed by atoms with Gasteiger partial charge in [0.25, 0.3) is 0 Å². The number of carboxylic acids is 1. The number of carbonyl (C=O) groups excluding carboxylic acids is 1. The van der Waals surface area contributed by atoms with Crippen LogP contribution in [0.15, 0.2) is 23.1 Å². The van der Waals surface area contributed by atoms with Crippen molar-refractivity contribution in [2.75, 3.05) is 19.0 Å². The van der Waals surface area contributed by atoms with E-state index in [9.17, 15) is 14.0 Å². The zero-order valence-corrected chi connectivity index (χ0v) is 12.1. The van der Waals surface area contributed by atoms with Gasteiger partial charge in [0.05, 0.1) is 11.3 Å². The van der Waals surface area contributed by atoms with Crippen molar-refractivity contribution in [3.8, 4) is 0 Å². The maximum absolute atomic E-state index is 13.2. The number of ether oxygens (including phenoxy) is 1. The molecule has 1 aliphatic heterocycles. The predicted octanol–water partition coefficient (Wildman–Crippen LogP) is 1.91. The molecule has 1 aromatic carbocycles. The molecule has 21 heavy (non-hydrogen) atoms. The summed E-state index contributed by atoms with van der Waals surface area (Å²) in [5.41, 5.74) is -0.384. The third kappa shape index (κ3) is 4.71. The Balaban J connectivity index is 1.86. The molecule has 0 atom stereocenters. The van der Waals surface area contributed by atoms with Crippen LogP contribution in [0.1, 0.15) is 23.2 Å². The minimum Gasteiger partial charge on any atom is -0.478 e. The van der Waals surface area contributed by atoms with Crippen molar-refractivity contribution < 1.29 is 23.8 Å². The summed E-state index contributed by atoms with van der Waals surface area (Å²) >= 11 is 1.18. The van der Waals surface area contributed by atoms with Crippen molar-refractivity contribution >= 4 is 23.6 Å². The average Bonchev–Trinajstić information content (AvgIpc) is 2.47. The van der Waals surface area contributed by atoms with Crippen LogP contribution in [0.2, 0.25) is 0 Å². The molecule has 0 saturated carbocycles. The zero-order valence-electron chi connectivity index (χ0n) is 11.3. The van der Waals surface area contributed by atoms with Crippen LogP contribution in [0.3, 0.4) is 0 Å². The lowest BCUT2D eigenvalue weighted by molar-refractivity contribution is -0.119. The van der Waals surface area contributed by atoms with Crippen LogP contribution in [0, 0.1) is 5.82 Å². The Morgan fingerprint density at radius 1 is 1.38 bits per heavy atom. The van der Waals surface area contributed by atoms with E-state index in [0.29, 0.717) is 18.1 Å². The topological polar surface area (TPSA) is 75.6 Å². The lowest BCUT2D eigenvalue weighted by Crippen LogP contribution is -2.39. The largest absolute Gasteiger partial charge is 0.478 e. The zero-order chi connectivity index (χ0) is 15.2. The maximum Gasteiger partial charge on any atom is 0.338 e. The van der Waals surface area contributed by atoms with Gasteiger partial charge in [-0.05, 0) is 31.0 Å². The molecular weight excluding hydrogens is 297 g/mol. The Morgan fingerprint density at radius 2 is 2.10 bits per heavy atom. The van der Waals surface area contributed by atoms with Gasteiger partial charge < -0.3 is 15.2 Å². The van der Waals surface area contributed by atoms with Gasteiger partial charge in [0.15, 0.2) is 0 Å². The molecule has 1 aliphatic rings.